The van der Waals surface area contributed by atoms with Gasteiger partial charge in [0.25, 0.3) is 5.91 Å². The zero-order chi connectivity index (χ0) is 12.5. The molecule has 1 aromatic heterocycles. The number of halogens is 1. The van der Waals surface area contributed by atoms with Crippen LogP contribution in [0.15, 0.2) is 36.5 Å². The molecule has 3 rings (SSSR count). The van der Waals surface area contributed by atoms with Crippen molar-refractivity contribution in [2.24, 2.45) is 0 Å². The molecule has 0 radical (unpaired) electrons. The number of aromatic nitrogens is 2. The van der Waals surface area contributed by atoms with Gasteiger partial charge in [-0.25, -0.2) is 0 Å². The Morgan fingerprint density at radius 3 is 2.94 bits per heavy atom. The van der Waals surface area contributed by atoms with Crippen LogP contribution in [0.1, 0.15) is 15.9 Å². The number of carbonyl (C=O) groups is 1. The van der Waals surface area contributed by atoms with Crippen LogP contribution >= 0.6 is 11.6 Å². The van der Waals surface area contributed by atoms with Gasteiger partial charge in [0.2, 0.25) is 0 Å². The number of rotatable bonds is 1. The zero-order valence-corrected chi connectivity index (χ0v) is 10.3. The van der Waals surface area contributed by atoms with Crippen molar-refractivity contribution in [3.8, 4) is 0 Å². The Hall–Kier alpha value is -1.94. The monoisotopic (exact) mass is 259 g/mol. The average molecular weight is 260 g/mol. The summed E-state index contributed by atoms with van der Waals surface area (Å²) in [5.41, 5.74) is 1.68. The number of benzene rings is 1. The first-order chi connectivity index (χ1) is 8.75. The van der Waals surface area contributed by atoms with Gasteiger partial charge in [-0.2, -0.15) is 5.10 Å². The molecule has 4 nitrogen and oxygen atoms in total. The second-order valence-electron chi connectivity index (χ2n) is 4.09. The minimum atomic E-state index is -0.0478. The van der Waals surface area contributed by atoms with E-state index < -0.39 is 0 Å². The van der Waals surface area contributed by atoms with Crippen LogP contribution in [0.5, 0.6) is 0 Å². The Kier molecular flexibility index (Phi) is 2.72. The molecule has 1 aliphatic heterocycles. The first kappa shape index (κ1) is 11.2. The predicted molar refractivity (Wildman–Crippen MR) is 68.9 cm³/mol. The third kappa shape index (κ3) is 1.84. The molecule has 1 aliphatic rings. The van der Waals surface area contributed by atoms with Gasteiger partial charge in [-0.05, 0) is 42.3 Å². The summed E-state index contributed by atoms with van der Waals surface area (Å²) in [5, 5.41) is 8.43. The summed E-state index contributed by atoms with van der Waals surface area (Å²) in [6.45, 7) is 0.602. The maximum absolute atomic E-state index is 12.3. The molecule has 0 saturated carbocycles. The summed E-state index contributed by atoms with van der Waals surface area (Å²) in [6.07, 6.45) is 2.36. The highest BCUT2D eigenvalue weighted by Crippen LogP contribution is 2.25. The molecule has 0 fully saturated rings. The number of amides is 1. The van der Waals surface area contributed by atoms with Crippen molar-refractivity contribution in [1.29, 1.82) is 0 Å². The van der Waals surface area contributed by atoms with E-state index in [-0.39, 0.29) is 5.91 Å². The van der Waals surface area contributed by atoms with E-state index in [1.807, 2.05) is 6.07 Å². The Labute approximate surface area is 109 Å². The van der Waals surface area contributed by atoms with Crippen LogP contribution in [-0.2, 0) is 6.42 Å². The SMILES string of the molecule is O=C1c2ccc(Cl)cc2CCN1c1cccnn1. The first-order valence-corrected chi connectivity index (χ1v) is 6.01. The molecule has 0 N–H and O–H groups in total. The maximum atomic E-state index is 12.3. The number of nitrogens with zero attached hydrogens (tertiary/aromatic N) is 3. The van der Waals surface area contributed by atoms with Crippen LogP contribution in [0, 0.1) is 0 Å². The summed E-state index contributed by atoms with van der Waals surface area (Å²) in [5.74, 6) is 0.538. The van der Waals surface area contributed by atoms with Gasteiger partial charge in [0.05, 0.1) is 0 Å². The largest absolute Gasteiger partial charge is 0.291 e. The van der Waals surface area contributed by atoms with Crippen molar-refractivity contribution in [3.05, 3.63) is 52.7 Å². The van der Waals surface area contributed by atoms with E-state index >= 15 is 0 Å². The summed E-state index contributed by atoms with van der Waals surface area (Å²) < 4.78 is 0. The van der Waals surface area contributed by atoms with Gasteiger partial charge in [-0.1, -0.05) is 11.6 Å². The average Bonchev–Trinajstić information content (AvgIpc) is 2.40. The lowest BCUT2D eigenvalue weighted by Gasteiger charge is -2.27. The van der Waals surface area contributed by atoms with E-state index in [2.05, 4.69) is 10.2 Å². The topological polar surface area (TPSA) is 46.1 Å². The van der Waals surface area contributed by atoms with Gasteiger partial charge >= 0.3 is 0 Å². The maximum Gasteiger partial charge on any atom is 0.259 e. The fraction of sp³-hybridized carbons (Fsp3) is 0.154. The van der Waals surface area contributed by atoms with Gasteiger partial charge in [-0.15, -0.1) is 5.10 Å². The minimum Gasteiger partial charge on any atom is -0.291 e. The molecule has 1 aromatic carbocycles. The van der Waals surface area contributed by atoms with Crippen LogP contribution < -0.4 is 4.90 Å². The van der Waals surface area contributed by atoms with Crippen molar-refractivity contribution < 1.29 is 4.79 Å². The Morgan fingerprint density at radius 2 is 2.17 bits per heavy atom. The van der Waals surface area contributed by atoms with Crippen LogP contribution in [-0.4, -0.2) is 22.6 Å². The van der Waals surface area contributed by atoms with Gasteiger partial charge in [-0.3, -0.25) is 9.69 Å². The van der Waals surface area contributed by atoms with E-state index in [1.165, 1.54) is 0 Å². The molecule has 2 heterocycles. The molecule has 1 amide bonds. The minimum absolute atomic E-state index is 0.0478. The molecule has 18 heavy (non-hydrogen) atoms. The number of anilines is 1. The molecule has 5 heteroatoms. The number of hydrogen-bond donors (Lipinski definition) is 0. The standard InChI is InChI=1S/C13H10ClN3O/c14-10-3-4-11-9(8-10)5-7-17(13(11)18)12-2-1-6-15-16-12/h1-4,6,8H,5,7H2. The highest BCUT2D eigenvalue weighted by molar-refractivity contribution is 6.30. The van der Waals surface area contributed by atoms with E-state index in [4.69, 9.17) is 11.6 Å². The predicted octanol–water partition coefficient (Wildman–Crippen LogP) is 2.33. The lowest BCUT2D eigenvalue weighted by Crippen LogP contribution is -2.38. The van der Waals surface area contributed by atoms with Gasteiger partial charge in [0.15, 0.2) is 5.82 Å². The van der Waals surface area contributed by atoms with E-state index in [9.17, 15) is 4.79 Å². The number of hydrogen-bond acceptors (Lipinski definition) is 3. The zero-order valence-electron chi connectivity index (χ0n) is 9.51. The number of carbonyl (C=O) groups excluding carboxylic acids is 1. The van der Waals surface area contributed by atoms with E-state index in [0.29, 0.717) is 22.9 Å². The lowest BCUT2D eigenvalue weighted by atomic mass is 9.99. The summed E-state index contributed by atoms with van der Waals surface area (Å²) >= 11 is 5.93. The van der Waals surface area contributed by atoms with Crippen LogP contribution in [0.2, 0.25) is 5.02 Å². The highest BCUT2D eigenvalue weighted by Gasteiger charge is 2.26. The lowest BCUT2D eigenvalue weighted by molar-refractivity contribution is 0.0979. The van der Waals surface area contributed by atoms with Crippen molar-refractivity contribution in [3.63, 3.8) is 0 Å². The third-order valence-electron chi connectivity index (χ3n) is 2.98. The van der Waals surface area contributed by atoms with Crippen molar-refractivity contribution in [1.82, 2.24) is 10.2 Å². The van der Waals surface area contributed by atoms with Gasteiger partial charge < -0.3 is 0 Å². The van der Waals surface area contributed by atoms with Gasteiger partial charge in [0, 0.05) is 23.3 Å². The molecule has 0 atom stereocenters. The Balaban J connectivity index is 2.00. The smallest absolute Gasteiger partial charge is 0.259 e. The molecule has 0 spiro atoms. The highest BCUT2D eigenvalue weighted by atomic mass is 35.5. The number of fused-ring (bicyclic) bond motifs is 1. The van der Waals surface area contributed by atoms with Crippen molar-refractivity contribution in [2.75, 3.05) is 11.4 Å². The molecule has 0 saturated heterocycles. The molecule has 0 bridgehead atoms. The van der Waals surface area contributed by atoms with E-state index in [0.717, 1.165) is 12.0 Å². The first-order valence-electron chi connectivity index (χ1n) is 5.64. The van der Waals surface area contributed by atoms with Gasteiger partial charge in [0.1, 0.15) is 0 Å². The molecule has 2 aromatic rings. The van der Waals surface area contributed by atoms with Crippen molar-refractivity contribution >= 4 is 23.3 Å². The van der Waals surface area contributed by atoms with E-state index in [1.54, 1.807) is 35.4 Å². The Morgan fingerprint density at radius 1 is 1.28 bits per heavy atom. The van der Waals surface area contributed by atoms with Crippen LogP contribution in [0.25, 0.3) is 0 Å². The van der Waals surface area contributed by atoms with Crippen LogP contribution in [0.4, 0.5) is 5.82 Å². The normalized spacial score (nSPS) is 14.5. The second kappa shape index (κ2) is 4.38. The fourth-order valence-corrected chi connectivity index (χ4v) is 2.31. The molecular weight excluding hydrogens is 250 g/mol. The summed E-state index contributed by atoms with van der Waals surface area (Å²) in [4.78, 5) is 14.0. The van der Waals surface area contributed by atoms with Crippen LogP contribution in [0.3, 0.4) is 0 Å². The molecule has 90 valence electrons. The second-order valence-corrected chi connectivity index (χ2v) is 4.53. The molecule has 0 aliphatic carbocycles. The Bertz CT molecular complexity index is 600. The summed E-state index contributed by atoms with van der Waals surface area (Å²) in [7, 11) is 0. The third-order valence-corrected chi connectivity index (χ3v) is 3.22. The quantitative estimate of drug-likeness (QED) is 0.790. The van der Waals surface area contributed by atoms with Crippen molar-refractivity contribution in [2.45, 2.75) is 6.42 Å². The fourth-order valence-electron chi connectivity index (χ4n) is 2.11. The molecule has 0 unspecified atom stereocenters. The summed E-state index contributed by atoms with van der Waals surface area (Å²) in [6, 6.07) is 8.91. The molecular formula is C13H10ClN3O.